The Hall–Kier alpha value is -2.89. The van der Waals surface area contributed by atoms with Crippen molar-refractivity contribution in [3.63, 3.8) is 0 Å². The number of amides is 1. The summed E-state index contributed by atoms with van der Waals surface area (Å²) in [5, 5.41) is 6.86. The summed E-state index contributed by atoms with van der Waals surface area (Å²) in [6.45, 7) is 0.126. The molecule has 0 saturated carbocycles. The minimum Gasteiger partial charge on any atom is -0.497 e. The van der Waals surface area contributed by atoms with E-state index < -0.39 is 0 Å². The molecule has 0 unspecified atom stereocenters. The van der Waals surface area contributed by atoms with Gasteiger partial charge in [-0.25, -0.2) is 5.43 Å². The van der Waals surface area contributed by atoms with E-state index in [2.05, 4.69) is 20.8 Å². The number of benzene rings is 1. The number of carbonyl (C=O) groups is 1. The van der Waals surface area contributed by atoms with E-state index in [-0.39, 0.29) is 12.5 Å². The fraction of sp³-hybridized carbons (Fsp3) is 0.133. The Morgan fingerprint density at radius 3 is 2.90 bits per heavy atom. The van der Waals surface area contributed by atoms with E-state index in [0.29, 0.717) is 0 Å². The molecular formula is C15H16N4O2. The van der Waals surface area contributed by atoms with Gasteiger partial charge in [0.05, 0.1) is 19.9 Å². The third-order valence-electron chi connectivity index (χ3n) is 2.63. The summed E-state index contributed by atoms with van der Waals surface area (Å²) in [5.74, 6) is 0.499. The van der Waals surface area contributed by atoms with Gasteiger partial charge in [0.2, 0.25) is 0 Å². The third-order valence-corrected chi connectivity index (χ3v) is 2.63. The maximum Gasteiger partial charge on any atom is 0.259 e. The first-order valence-electron chi connectivity index (χ1n) is 6.38. The first-order valence-corrected chi connectivity index (χ1v) is 6.38. The number of hydrogen-bond donors (Lipinski definition) is 2. The van der Waals surface area contributed by atoms with E-state index in [1.807, 2.05) is 24.3 Å². The van der Waals surface area contributed by atoms with E-state index in [4.69, 9.17) is 4.74 Å². The summed E-state index contributed by atoms with van der Waals surface area (Å²) in [4.78, 5) is 15.5. The third kappa shape index (κ3) is 4.94. The Balaban J connectivity index is 1.78. The highest BCUT2D eigenvalue weighted by molar-refractivity contribution is 5.84. The Morgan fingerprint density at radius 2 is 2.14 bits per heavy atom. The van der Waals surface area contributed by atoms with Crippen LogP contribution in [-0.2, 0) is 4.79 Å². The minimum absolute atomic E-state index is 0.126. The molecule has 6 heteroatoms. The molecule has 0 radical (unpaired) electrons. The smallest absolute Gasteiger partial charge is 0.259 e. The summed E-state index contributed by atoms with van der Waals surface area (Å²) in [6.07, 6.45) is 4.88. The van der Waals surface area contributed by atoms with Crippen molar-refractivity contribution < 1.29 is 9.53 Å². The second-order valence-corrected chi connectivity index (χ2v) is 4.16. The van der Waals surface area contributed by atoms with Gasteiger partial charge in [-0.3, -0.25) is 9.78 Å². The van der Waals surface area contributed by atoms with Gasteiger partial charge in [-0.2, -0.15) is 5.10 Å². The van der Waals surface area contributed by atoms with Gasteiger partial charge in [0, 0.05) is 24.1 Å². The predicted molar refractivity (Wildman–Crippen MR) is 81.5 cm³/mol. The number of nitrogens with one attached hydrogen (secondary N) is 2. The van der Waals surface area contributed by atoms with Crippen LogP contribution in [0.4, 0.5) is 5.69 Å². The van der Waals surface area contributed by atoms with Crippen LogP contribution in [0.25, 0.3) is 0 Å². The van der Waals surface area contributed by atoms with E-state index in [0.717, 1.165) is 17.0 Å². The van der Waals surface area contributed by atoms with Gasteiger partial charge in [0.15, 0.2) is 0 Å². The molecule has 0 atom stereocenters. The monoisotopic (exact) mass is 284 g/mol. The highest BCUT2D eigenvalue weighted by Crippen LogP contribution is 2.16. The Bertz CT molecular complexity index is 614. The number of rotatable bonds is 6. The zero-order valence-electron chi connectivity index (χ0n) is 11.6. The van der Waals surface area contributed by atoms with Crippen molar-refractivity contribution in [2.75, 3.05) is 19.0 Å². The normalized spacial score (nSPS) is 10.3. The second-order valence-electron chi connectivity index (χ2n) is 4.16. The summed E-state index contributed by atoms with van der Waals surface area (Å²) in [7, 11) is 1.60. The molecule has 2 rings (SSSR count). The lowest BCUT2D eigenvalue weighted by Crippen LogP contribution is -2.25. The van der Waals surface area contributed by atoms with Crippen molar-refractivity contribution in [2.45, 2.75) is 0 Å². The summed E-state index contributed by atoms with van der Waals surface area (Å²) in [6, 6.07) is 10.9. The van der Waals surface area contributed by atoms with Gasteiger partial charge >= 0.3 is 0 Å². The number of hydrazone groups is 1. The minimum atomic E-state index is -0.233. The lowest BCUT2D eigenvalue weighted by Gasteiger charge is -2.06. The maximum atomic E-state index is 11.6. The molecule has 1 aromatic carbocycles. The number of anilines is 1. The Kier molecular flexibility index (Phi) is 5.28. The average molecular weight is 284 g/mol. The molecule has 21 heavy (non-hydrogen) atoms. The molecule has 6 nitrogen and oxygen atoms in total. The van der Waals surface area contributed by atoms with Crippen molar-refractivity contribution in [2.24, 2.45) is 5.10 Å². The van der Waals surface area contributed by atoms with Crippen LogP contribution >= 0.6 is 0 Å². The molecule has 0 aliphatic carbocycles. The van der Waals surface area contributed by atoms with Crippen molar-refractivity contribution in [3.8, 4) is 5.75 Å². The van der Waals surface area contributed by atoms with Crippen molar-refractivity contribution in [3.05, 3.63) is 54.4 Å². The molecule has 2 aromatic rings. The second kappa shape index (κ2) is 7.64. The van der Waals surface area contributed by atoms with Gasteiger partial charge in [-0.05, 0) is 29.8 Å². The van der Waals surface area contributed by atoms with Gasteiger partial charge in [0.25, 0.3) is 5.91 Å². The van der Waals surface area contributed by atoms with Crippen LogP contribution < -0.4 is 15.5 Å². The molecule has 108 valence electrons. The van der Waals surface area contributed by atoms with Crippen LogP contribution in [-0.4, -0.2) is 30.8 Å². The number of aromatic nitrogens is 1. The van der Waals surface area contributed by atoms with Gasteiger partial charge in [-0.15, -0.1) is 0 Å². The van der Waals surface area contributed by atoms with Crippen molar-refractivity contribution in [1.82, 2.24) is 10.4 Å². The molecule has 0 saturated heterocycles. The zero-order valence-corrected chi connectivity index (χ0v) is 11.6. The van der Waals surface area contributed by atoms with Crippen LogP contribution in [0.3, 0.4) is 0 Å². The van der Waals surface area contributed by atoms with Gasteiger partial charge < -0.3 is 10.1 Å². The van der Waals surface area contributed by atoms with Crippen LogP contribution in [0.2, 0.25) is 0 Å². The topological polar surface area (TPSA) is 75.6 Å². The molecular weight excluding hydrogens is 268 g/mol. The van der Waals surface area contributed by atoms with Gasteiger partial charge in [0.1, 0.15) is 5.75 Å². The fourth-order valence-electron chi connectivity index (χ4n) is 1.58. The van der Waals surface area contributed by atoms with Crippen LogP contribution in [0.15, 0.2) is 53.9 Å². The number of methoxy groups -OCH3 is 1. The zero-order chi connectivity index (χ0) is 14.9. The van der Waals surface area contributed by atoms with Crippen molar-refractivity contribution in [1.29, 1.82) is 0 Å². The number of nitrogens with zero attached hydrogens (tertiary/aromatic N) is 2. The molecule has 0 bridgehead atoms. The van der Waals surface area contributed by atoms with Gasteiger partial charge in [-0.1, -0.05) is 6.07 Å². The number of pyridine rings is 1. The first-order chi connectivity index (χ1) is 10.3. The maximum absolute atomic E-state index is 11.6. The lowest BCUT2D eigenvalue weighted by atomic mass is 10.3. The van der Waals surface area contributed by atoms with E-state index in [1.54, 1.807) is 37.9 Å². The molecule has 0 aliphatic heterocycles. The van der Waals surface area contributed by atoms with E-state index in [1.165, 1.54) is 0 Å². The number of carbonyl (C=O) groups excluding carboxylic acids is 1. The largest absolute Gasteiger partial charge is 0.497 e. The standard InChI is InChI=1S/C15H16N4O2/c1-21-14-4-2-3-13(9-14)17-11-15(20)19-18-10-12-5-7-16-8-6-12/h2-10,17H,11H2,1H3,(H,19,20)/b18-10-. The van der Waals surface area contributed by atoms with Crippen LogP contribution in [0, 0.1) is 0 Å². The molecule has 1 heterocycles. The van der Waals surface area contributed by atoms with Crippen LogP contribution in [0.1, 0.15) is 5.56 Å². The average Bonchev–Trinajstić information content (AvgIpc) is 2.54. The Morgan fingerprint density at radius 1 is 1.33 bits per heavy atom. The summed E-state index contributed by atoms with van der Waals surface area (Å²) >= 11 is 0. The molecule has 0 spiro atoms. The quantitative estimate of drug-likeness (QED) is 0.625. The first kappa shape index (κ1) is 14.5. The Labute approximate surface area is 122 Å². The lowest BCUT2D eigenvalue weighted by molar-refractivity contribution is -0.119. The van der Waals surface area contributed by atoms with E-state index >= 15 is 0 Å². The molecule has 0 aliphatic rings. The molecule has 2 N–H and O–H groups in total. The highest BCUT2D eigenvalue weighted by Gasteiger charge is 2.00. The molecule has 1 amide bonds. The fourth-order valence-corrected chi connectivity index (χ4v) is 1.58. The van der Waals surface area contributed by atoms with Crippen LogP contribution in [0.5, 0.6) is 5.75 Å². The summed E-state index contributed by atoms with van der Waals surface area (Å²) < 4.78 is 5.11. The van der Waals surface area contributed by atoms with Crippen molar-refractivity contribution >= 4 is 17.8 Å². The highest BCUT2D eigenvalue weighted by atomic mass is 16.5. The number of ether oxygens (including phenoxy) is 1. The predicted octanol–water partition coefficient (Wildman–Crippen LogP) is 1.65. The summed E-state index contributed by atoms with van der Waals surface area (Å²) in [5.41, 5.74) is 4.12. The molecule has 1 aromatic heterocycles. The van der Waals surface area contributed by atoms with E-state index in [9.17, 15) is 4.79 Å². The SMILES string of the molecule is COc1cccc(NCC(=O)N/N=C\c2ccncc2)c1. The molecule has 0 fully saturated rings. The number of hydrogen-bond acceptors (Lipinski definition) is 5.